The van der Waals surface area contributed by atoms with Crippen LogP contribution in [0.15, 0.2) is 0 Å². The van der Waals surface area contributed by atoms with Crippen molar-refractivity contribution in [1.29, 1.82) is 0 Å². The minimum absolute atomic E-state index is 0.425. The molecule has 3 aliphatic heterocycles. The fraction of sp³-hybridized carbons (Fsp3) is 0.889. The van der Waals surface area contributed by atoms with Gasteiger partial charge in [0.2, 0.25) is 0 Å². The van der Waals surface area contributed by atoms with Gasteiger partial charge < -0.3 is 0 Å². The molecule has 0 radical (unpaired) electrons. The minimum atomic E-state index is -0.425. The van der Waals surface area contributed by atoms with E-state index < -0.39 is 18.0 Å². The quantitative estimate of drug-likeness (QED) is 0.602. The Hall–Kier alpha value is 0.610. The normalized spacial score (nSPS) is 39.3. The van der Waals surface area contributed by atoms with Gasteiger partial charge in [-0.15, -0.1) is 0 Å². The van der Waals surface area contributed by atoms with E-state index in [0.29, 0.717) is 0 Å². The second-order valence-corrected chi connectivity index (χ2v) is 11.3. The molecular weight excluding hydrogens is 305 g/mol. The van der Waals surface area contributed by atoms with Gasteiger partial charge in [0, 0.05) is 0 Å². The molecule has 3 heterocycles. The predicted octanol–water partition coefficient (Wildman–Crippen LogP) is 2.84. The molecule has 1 unspecified atom stereocenters. The molecule has 0 saturated carbocycles. The van der Waals surface area contributed by atoms with Gasteiger partial charge in [-0.1, -0.05) is 0 Å². The summed E-state index contributed by atoms with van der Waals surface area (Å²) in [5, 5.41) is 0. The summed E-state index contributed by atoms with van der Waals surface area (Å²) < 4.78 is 4.38. The van der Waals surface area contributed by atoms with E-state index in [1.54, 1.807) is 4.64 Å². The van der Waals surface area contributed by atoms with E-state index in [0.717, 1.165) is 9.55 Å². The summed E-state index contributed by atoms with van der Waals surface area (Å²) in [6.45, 7) is 7.42. The molecule has 0 nitrogen and oxygen atoms in total. The van der Waals surface area contributed by atoms with Crippen LogP contribution in [0.25, 0.3) is 0 Å². The SMILES string of the molecule is C[C]1=[Au]2[CH2]C(CC1)[C]2(C)C. The topological polar surface area (TPSA) is 0 Å². The molecule has 1 saturated heterocycles. The summed E-state index contributed by atoms with van der Waals surface area (Å²) in [5.41, 5.74) is 0. The zero-order valence-corrected chi connectivity index (χ0v) is 9.17. The van der Waals surface area contributed by atoms with E-state index in [4.69, 9.17) is 0 Å². The van der Waals surface area contributed by atoms with Crippen LogP contribution in [-0.2, 0) is 18.0 Å². The summed E-state index contributed by atoms with van der Waals surface area (Å²) in [6.07, 6.45) is 2.99. The Kier molecular flexibility index (Phi) is 1.50. The zero-order chi connectivity index (χ0) is 7.35. The van der Waals surface area contributed by atoms with Crippen LogP contribution in [0.5, 0.6) is 0 Å². The van der Waals surface area contributed by atoms with Gasteiger partial charge in [-0.25, -0.2) is 0 Å². The molecule has 0 aromatic heterocycles. The van der Waals surface area contributed by atoms with Gasteiger partial charge in [-0.2, -0.15) is 0 Å². The van der Waals surface area contributed by atoms with Gasteiger partial charge in [0.1, 0.15) is 0 Å². The molecule has 0 spiro atoms. The average Bonchev–Trinajstić information content (AvgIpc) is 1.87. The first kappa shape index (κ1) is 7.27. The van der Waals surface area contributed by atoms with Crippen molar-refractivity contribution in [1.82, 2.24) is 0 Å². The van der Waals surface area contributed by atoms with Crippen LogP contribution < -0.4 is 0 Å². The Morgan fingerprint density at radius 3 is 2.50 bits per heavy atom. The summed E-state index contributed by atoms with van der Waals surface area (Å²) in [6, 6.07) is 0. The first-order valence-electron chi connectivity index (χ1n) is 3.97. The predicted molar refractivity (Wildman–Crippen MR) is 42.3 cm³/mol. The van der Waals surface area contributed by atoms with Crippen molar-refractivity contribution in [2.45, 2.75) is 41.9 Å². The van der Waals surface area contributed by atoms with Crippen LogP contribution in [0, 0.1) is 5.92 Å². The average molecular weight is 321 g/mol. The third-order valence-corrected chi connectivity index (χ3v) is 11.8. The first-order valence-corrected chi connectivity index (χ1v) is 7.67. The standard InChI is InChI=1S/C9H16.Au/c1-5-6-7-9(4)8(2)3;/h9H,4,6-7H2,1-3H3;. The molecule has 1 heteroatoms. The van der Waals surface area contributed by atoms with Crippen molar-refractivity contribution >= 4 is 3.72 Å². The van der Waals surface area contributed by atoms with Crippen LogP contribution in [0.3, 0.4) is 0 Å². The third-order valence-electron chi connectivity index (χ3n) is 2.81. The molecule has 63 valence electrons. The van der Waals surface area contributed by atoms with Gasteiger partial charge in [-0.3, -0.25) is 0 Å². The molecule has 2 bridgehead atoms. The van der Waals surface area contributed by atoms with E-state index in [1.165, 1.54) is 12.8 Å². The maximum atomic E-state index is 2.50. The second kappa shape index (κ2) is 2.06. The first-order chi connectivity index (χ1) is 4.62. The van der Waals surface area contributed by atoms with Gasteiger partial charge in [0.05, 0.1) is 0 Å². The van der Waals surface area contributed by atoms with Crippen LogP contribution in [0.1, 0.15) is 33.6 Å². The van der Waals surface area contributed by atoms with Crippen LogP contribution in [0.4, 0.5) is 0 Å². The molecule has 10 heavy (non-hydrogen) atoms. The Morgan fingerprint density at radius 2 is 2.20 bits per heavy atom. The Labute approximate surface area is 69.6 Å². The number of hydrogen-bond acceptors (Lipinski definition) is 0. The molecular formula is C9H16Au. The number of rotatable bonds is 0. The van der Waals surface area contributed by atoms with Crippen LogP contribution in [0.2, 0.25) is 8.27 Å². The van der Waals surface area contributed by atoms with Gasteiger partial charge in [-0.05, 0) is 0 Å². The molecule has 0 aromatic rings. The van der Waals surface area contributed by atoms with E-state index in [9.17, 15) is 0 Å². The number of hydrogen-bond donors (Lipinski definition) is 0. The van der Waals surface area contributed by atoms with Crippen LogP contribution >= 0.6 is 0 Å². The molecule has 1 atom stereocenters. The molecule has 0 aromatic carbocycles. The van der Waals surface area contributed by atoms with Gasteiger partial charge in [0.15, 0.2) is 0 Å². The fourth-order valence-corrected chi connectivity index (χ4v) is 10.5. The molecule has 3 rings (SSSR count). The maximum absolute atomic E-state index is 2.50. The van der Waals surface area contributed by atoms with Crippen molar-refractivity contribution in [3.63, 3.8) is 0 Å². The van der Waals surface area contributed by atoms with E-state index in [2.05, 4.69) is 20.8 Å². The van der Waals surface area contributed by atoms with Crippen molar-refractivity contribution in [2.24, 2.45) is 5.92 Å². The monoisotopic (exact) mass is 321 g/mol. The van der Waals surface area contributed by atoms with Crippen molar-refractivity contribution in [2.75, 3.05) is 0 Å². The molecule has 0 aliphatic carbocycles. The summed E-state index contributed by atoms with van der Waals surface area (Å²) in [5.74, 6) is 1.12. The zero-order valence-electron chi connectivity index (χ0n) is 7.00. The fourth-order valence-electron chi connectivity index (χ4n) is 1.81. The summed E-state index contributed by atoms with van der Waals surface area (Å²) in [4.78, 5) is 0. The Morgan fingerprint density at radius 1 is 1.50 bits per heavy atom. The second-order valence-electron chi connectivity index (χ2n) is 3.72. The molecule has 0 amide bonds. The van der Waals surface area contributed by atoms with Crippen molar-refractivity contribution in [3.05, 3.63) is 0 Å². The number of fused-ring (bicyclic) bond motifs is 2. The van der Waals surface area contributed by atoms with Gasteiger partial charge in [0.25, 0.3) is 0 Å². The molecule has 1 fully saturated rings. The summed E-state index contributed by atoms with van der Waals surface area (Å²) >= 11 is -0.425. The van der Waals surface area contributed by atoms with E-state index >= 15 is 0 Å². The van der Waals surface area contributed by atoms with E-state index in [1.807, 2.05) is 3.72 Å². The van der Waals surface area contributed by atoms with Crippen molar-refractivity contribution < 1.29 is 18.0 Å². The molecule has 0 N–H and O–H groups in total. The third kappa shape index (κ3) is 0.760. The van der Waals surface area contributed by atoms with E-state index in [-0.39, 0.29) is 0 Å². The van der Waals surface area contributed by atoms with Crippen LogP contribution in [-0.4, -0.2) is 3.72 Å². The summed E-state index contributed by atoms with van der Waals surface area (Å²) in [7, 11) is 0. The molecule has 3 aliphatic rings. The Balaban J connectivity index is 2.39. The van der Waals surface area contributed by atoms with Crippen molar-refractivity contribution in [3.8, 4) is 0 Å². The van der Waals surface area contributed by atoms with Gasteiger partial charge >= 0.3 is 69.5 Å². The Bertz CT molecular complexity index is 201.